The van der Waals surface area contributed by atoms with Crippen LogP contribution in [0.4, 0.5) is 0 Å². The van der Waals surface area contributed by atoms with Gasteiger partial charge in [0.25, 0.3) is 5.91 Å². The molecule has 0 radical (unpaired) electrons. The SMILES string of the molecule is CC(O)CCN(C)C(=O)c1cccc(OCc2ccccc2C#N)c1. The highest BCUT2D eigenvalue weighted by atomic mass is 16.5. The molecule has 0 saturated carbocycles. The average Bonchev–Trinajstić information content (AvgIpc) is 2.64. The first-order chi connectivity index (χ1) is 12.0. The summed E-state index contributed by atoms with van der Waals surface area (Å²) in [6, 6.07) is 16.4. The van der Waals surface area contributed by atoms with Crippen LogP contribution in [0.25, 0.3) is 0 Å². The Labute approximate surface area is 148 Å². The van der Waals surface area contributed by atoms with E-state index in [0.717, 1.165) is 5.56 Å². The number of nitriles is 1. The van der Waals surface area contributed by atoms with Crippen LogP contribution in [0.15, 0.2) is 48.5 Å². The fourth-order valence-electron chi connectivity index (χ4n) is 2.34. The van der Waals surface area contributed by atoms with E-state index in [1.165, 1.54) is 0 Å². The molecular formula is C20H22N2O3. The molecule has 25 heavy (non-hydrogen) atoms. The number of rotatable bonds is 7. The maximum absolute atomic E-state index is 12.4. The summed E-state index contributed by atoms with van der Waals surface area (Å²) in [4.78, 5) is 14.0. The van der Waals surface area contributed by atoms with E-state index < -0.39 is 6.10 Å². The number of benzene rings is 2. The molecule has 0 spiro atoms. The minimum absolute atomic E-state index is 0.122. The van der Waals surface area contributed by atoms with Crippen LogP contribution in [0, 0.1) is 11.3 Å². The first-order valence-corrected chi connectivity index (χ1v) is 8.15. The highest BCUT2D eigenvalue weighted by Crippen LogP contribution is 2.18. The molecule has 1 atom stereocenters. The van der Waals surface area contributed by atoms with Crippen molar-refractivity contribution in [1.29, 1.82) is 5.26 Å². The monoisotopic (exact) mass is 338 g/mol. The zero-order valence-electron chi connectivity index (χ0n) is 14.5. The van der Waals surface area contributed by atoms with Crippen LogP contribution in [0.5, 0.6) is 5.75 Å². The van der Waals surface area contributed by atoms with E-state index in [9.17, 15) is 9.90 Å². The third-order valence-corrected chi connectivity index (χ3v) is 3.84. The molecule has 0 saturated heterocycles. The lowest BCUT2D eigenvalue weighted by molar-refractivity contribution is 0.0768. The highest BCUT2D eigenvalue weighted by molar-refractivity contribution is 5.94. The summed E-state index contributed by atoms with van der Waals surface area (Å²) in [6.45, 7) is 2.45. The van der Waals surface area contributed by atoms with E-state index >= 15 is 0 Å². The van der Waals surface area contributed by atoms with Gasteiger partial charge in [0.15, 0.2) is 0 Å². The Morgan fingerprint density at radius 2 is 2.04 bits per heavy atom. The van der Waals surface area contributed by atoms with Gasteiger partial charge in [-0.15, -0.1) is 0 Å². The number of hydrogen-bond donors (Lipinski definition) is 1. The van der Waals surface area contributed by atoms with Crippen LogP contribution in [-0.4, -0.2) is 35.6 Å². The zero-order chi connectivity index (χ0) is 18.2. The second-order valence-corrected chi connectivity index (χ2v) is 5.95. The summed E-state index contributed by atoms with van der Waals surface area (Å²) in [7, 11) is 1.71. The van der Waals surface area contributed by atoms with Gasteiger partial charge in [-0.25, -0.2) is 0 Å². The smallest absolute Gasteiger partial charge is 0.253 e. The van der Waals surface area contributed by atoms with Crippen molar-refractivity contribution in [2.75, 3.05) is 13.6 Å². The van der Waals surface area contributed by atoms with E-state index in [4.69, 9.17) is 10.00 Å². The molecule has 0 fully saturated rings. The average molecular weight is 338 g/mol. The largest absolute Gasteiger partial charge is 0.489 e. The van der Waals surface area contributed by atoms with E-state index in [1.54, 1.807) is 49.2 Å². The Hall–Kier alpha value is -2.84. The summed E-state index contributed by atoms with van der Waals surface area (Å²) in [5.41, 5.74) is 1.91. The number of carbonyl (C=O) groups excluding carboxylic acids is 1. The standard InChI is InChI=1S/C20H22N2O3/c1-15(23)10-11-22(2)20(24)16-8-5-9-19(12-16)25-14-18-7-4-3-6-17(18)13-21/h3-9,12,15,23H,10-11,14H2,1-2H3. The topological polar surface area (TPSA) is 73.6 Å². The summed E-state index contributed by atoms with van der Waals surface area (Å²) in [6.07, 6.45) is 0.0914. The molecule has 130 valence electrons. The lowest BCUT2D eigenvalue weighted by atomic mass is 10.1. The minimum atomic E-state index is -0.440. The predicted molar refractivity (Wildman–Crippen MR) is 95.2 cm³/mol. The molecule has 0 aliphatic carbocycles. The number of nitrogens with zero attached hydrogens (tertiary/aromatic N) is 2. The van der Waals surface area contributed by atoms with Crippen LogP contribution >= 0.6 is 0 Å². The molecule has 2 aromatic carbocycles. The van der Waals surface area contributed by atoms with Crippen molar-refractivity contribution in [1.82, 2.24) is 4.90 Å². The van der Waals surface area contributed by atoms with Crippen molar-refractivity contribution >= 4 is 5.91 Å². The summed E-state index contributed by atoms with van der Waals surface area (Å²) in [5.74, 6) is 0.450. The first-order valence-electron chi connectivity index (χ1n) is 8.15. The molecule has 0 aliphatic heterocycles. The van der Waals surface area contributed by atoms with Crippen LogP contribution in [-0.2, 0) is 6.61 Å². The molecule has 0 aliphatic rings. The van der Waals surface area contributed by atoms with Crippen molar-refractivity contribution in [2.45, 2.75) is 26.1 Å². The summed E-state index contributed by atoms with van der Waals surface area (Å²) >= 11 is 0. The minimum Gasteiger partial charge on any atom is -0.489 e. The molecule has 2 aromatic rings. The molecule has 0 aromatic heterocycles. The summed E-state index contributed by atoms with van der Waals surface area (Å²) < 4.78 is 5.74. The lowest BCUT2D eigenvalue weighted by Crippen LogP contribution is -2.29. The maximum atomic E-state index is 12.4. The van der Waals surface area contributed by atoms with Gasteiger partial charge < -0.3 is 14.7 Å². The third-order valence-electron chi connectivity index (χ3n) is 3.84. The van der Waals surface area contributed by atoms with Crippen LogP contribution in [0.3, 0.4) is 0 Å². The number of hydrogen-bond acceptors (Lipinski definition) is 4. The quantitative estimate of drug-likeness (QED) is 0.842. The molecular weight excluding hydrogens is 316 g/mol. The third kappa shape index (κ3) is 5.33. The van der Waals surface area contributed by atoms with Gasteiger partial charge in [-0.2, -0.15) is 5.26 Å². The van der Waals surface area contributed by atoms with E-state index in [1.807, 2.05) is 18.2 Å². The molecule has 1 amide bonds. The van der Waals surface area contributed by atoms with Gasteiger partial charge in [0, 0.05) is 24.7 Å². The van der Waals surface area contributed by atoms with Gasteiger partial charge in [0.05, 0.1) is 17.7 Å². The Bertz CT molecular complexity index is 766. The van der Waals surface area contributed by atoms with Crippen molar-refractivity contribution in [3.05, 3.63) is 65.2 Å². The van der Waals surface area contributed by atoms with Gasteiger partial charge in [-0.05, 0) is 37.6 Å². The normalized spacial score (nSPS) is 11.4. The molecule has 0 bridgehead atoms. The van der Waals surface area contributed by atoms with Crippen molar-refractivity contribution in [3.63, 3.8) is 0 Å². The summed E-state index contributed by atoms with van der Waals surface area (Å²) in [5, 5.41) is 18.4. The number of aliphatic hydroxyl groups excluding tert-OH is 1. The Morgan fingerprint density at radius 3 is 2.76 bits per heavy atom. The number of carbonyl (C=O) groups is 1. The van der Waals surface area contributed by atoms with Crippen molar-refractivity contribution in [2.24, 2.45) is 0 Å². The van der Waals surface area contributed by atoms with Crippen LogP contribution in [0.2, 0.25) is 0 Å². The zero-order valence-corrected chi connectivity index (χ0v) is 14.5. The number of amides is 1. The predicted octanol–water partition coefficient (Wildman–Crippen LogP) is 2.98. The van der Waals surface area contributed by atoms with Crippen molar-refractivity contribution in [3.8, 4) is 11.8 Å². The number of ether oxygens (including phenoxy) is 1. The van der Waals surface area contributed by atoms with Gasteiger partial charge in [0.2, 0.25) is 0 Å². The Kier molecular flexibility index (Phi) is 6.55. The molecule has 1 N–H and O–H groups in total. The Balaban J connectivity index is 2.03. The van der Waals surface area contributed by atoms with E-state index in [2.05, 4.69) is 6.07 Å². The second-order valence-electron chi connectivity index (χ2n) is 5.95. The van der Waals surface area contributed by atoms with Gasteiger partial charge in [0.1, 0.15) is 12.4 Å². The highest BCUT2D eigenvalue weighted by Gasteiger charge is 2.13. The second kappa shape index (κ2) is 8.86. The van der Waals surface area contributed by atoms with Crippen LogP contribution in [0.1, 0.15) is 34.8 Å². The van der Waals surface area contributed by atoms with Gasteiger partial charge >= 0.3 is 0 Å². The van der Waals surface area contributed by atoms with Crippen LogP contribution < -0.4 is 4.74 Å². The molecule has 1 unspecified atom stereocenters. The van der Waals surface area contributed by atoms with E-state index in [0.29, 0.717) is 29.8 Å². The number of aliphatic hydroxyl groups is 1. The van der Waals surface area contributed by atoms with Gasteiger partial charge in [-0.1, -0.05) is 24.3 Å². The molecule has 5 heteroatoms. The maximum Gasteiger partial charge on any atom is 0.253 e. The Morgan fingerprint density at radius 1 is 1.28 bits per heavy atom. The fourth-order valence-corrected chi connectivity index (χ4v) is 2.34. The van der Waals surface area contributed by atoms with E-state index in [-0.39, 0.29) is 12.5 Å². The molecule has 5 nitrogen and oxygen atoms in total. The lowest BCUT2D eigenvalue weighted by Gasteiger charge is -2.18. The molecule has 0 heterocycles. The fraction of sp³-hybridized carbons (Fsp3) is 0.300. The first kappa shape index (κ1) is 18.5. The van der Waals surface area contributed by atoms with Gasteiger partial charge in [-0.3, -0.25) is 4.79 Å². The molecule has 2 rings (SSSR count). The van der Waals surface area contributed by atoms with Crippen molar-refractivity contribution < 1.29 is 14.6 Å².